The Morgan fingerprint density at radius 2 is 0.857 bits per heavy atom. The summed E-state index contributed by atoms with van der Waals surface area (Å²) in [7, 11) is 0. The summed E-state index contributed by atoms with van der Waals surface area (Å²) in [6.45, 7) is 10.2. The number of aromatic hydroxyl groups is 2. The largest absolute Gasteiger partial charge is 0.508 e. The third-order valence-corrected chi connectivity index (χ3v) is 23.6. The molecule has 808 valence electrons. The molecule has 1 aliphatic rings. The topological polar surface area (TPSA) is 857 Å². The Morgan fingerprint density at radius 1 is 0.435 bits per heavy atom. The van der Waals surface area contributed by atoms with Crippen LogP contribution in [0, 0.1) is 29.1 Å². The fourth-order valence-electron chi connectivity index (χ4n) is 15.2. The summed E-state index contributed by atoms with van der Waals surface area (Å²) < 4.78 is 0. The SMILES string of the molecule is CC(C)C[C@H](NC(=O)[C@H](CCC(=O)O)NC(=O)[C@@H](NC(=O)[C@@H](NC(=O)[C@H](Cc1ccc(O)cc1)NC(=O)[C@H](CC(=O)O)NC(=O)[C@H](CCCNC(=N)N)NC(=O)[C@H](CC(=O)O)NC(=O)[C@@H](N)CO)C(C)C)C(C)C)C(=O)N[C@@H](CO)C(=O)N[C@@H](CCC(=O)O)C(=O)N[C@@H](Cc1c[nH]c2ccccc12)C(=O)NCC(=O)N[C@H](C(=O)N1CCC[C@H]1C(=O)N[C@@H](CS)C(=O)N[C@@H](C)C(=O)N[C@@H](Cc1ccc(O)cc1)C(=O)O)C(C)C. The number of para-hydroxylation sites is 1. The highest BCUT2D eigenvalue weighted by molar-refractivity contribution is 7.80. The minimum atomic E-state index is -2.13. The quantitative estimate of drug-likeness (QED) is 0.00846. The number of rotatable bonds is 62. The zero-order valence-corrected chi connectivity index (χ0v) is 83.2. The van der Waals surface area contributed by atoms with E-state index in [9.17, 15) is 151 Å². The second-order valence-corrected chi connectivity index (χ2v) is 36.9. The average molecular weight is 2090 g/mol. The molecule has 53 nitrogen and oxygen atoms in total. The summed E-state index contributed by atoms with van der Waals surface area (Å²) in [5, 5.41) is 138. The molecule has 32 N–H and O–H groups in total. The molecule has 0 unspecified atom stereocenters. The van der Waals surface area contributed by atoms with Crippen LogP contribution in [0.25, 0.3) is 10.9 Å². The molecular weight excluding hydrogens is 1950 g/mol. The van der Waals surface area contributed by atoms with E-state index in [1.807, 2.05) is 5.32 Å². The van der Waals surface area contributed by atoms with Gasteiger partial charge in [-0.05, 0) is 123 Å². The molecule has 147 heavy (non-hydrogen) atoms. The minimum absolute atomic E-state index is 0.00385. The molecule has 2 heterocycles. The molecular formula is C93H134N22O31S. The third-order valence-electron chi connectivity index (χ3n) is 23.2. The van der Waals surface area contributed by atoms with E-state index in [1.54, 1.807) is 52.0 Å². The van der Waals surface area contributed by atoms with E-state index in [0.717, 1.165) is 0 Å². The van der Waals surface area contributed by atoms with E-state index >= 15 is 0 Å². The summed E-state index contributed by atoms with van der Waals surface area (Å²) in [6, 6.07) is -11.3. The number of hydrogen-bond acceptors (Lipinski definition) is 29. The van der Waals surface area contributed by atoms with Gasteiger partial charge in [0.25, 0.3) is 0 Å². The number of phenolic OH excluding ortho intramolecular Hbond substituents is 2. The number of thiol groups is 1. The standard InChI is InChI=1S/C93H134N22O31S/c1-43(2)32-59(105-81(134)58(27-29-70(123)124)103-89(142)73(44(3)4)114-90(143)74(45(5)6)113-85(138)60(33-48-18-22-51(118)23-19-48)106-84(137)63(37-72(127)128)108-79(132)56(16-12-30-97-93(95)96)101-83(136)62(36-71(125)126)104-77(130)54(94)40-116)82(135)110-65(41-117)86(139)102-57(26-28-69(121)122)80(133)107-61(35-50-38-98-55-15-11-10-14-53(50)55)78(131)99-39-68(120)112-75(46(7)8)91(144)115-31-13-17-67(115)88(141)111-66(42-147)87(140)100-47(9)76(129)109-64(92(145)146)34-49-20-24-52(119)25-21-49/h10-11,14-15,18-25,38,43-47,54,56-67,73-75,98,116-119,147H,12-13,16-17,26-37,39-42,94H2,1-9H3,(H,99,131)(H,100,140)(H,101,136)(H,102,139)(H,103,142)(H,104,130)(H,105,134)(H,106,137)(H,107,133)(H,108,132)(H,109,129)(H,110,135)(H,111,141)(H,112,120)(H,113,138)(H,114,143)(H,121,122)(H,123,124)(H,125,126)(H,127,128)(H,145,146)(H4,95,96,97)/t47-,54-,56-,57-,58-,59-,60-,61-,62-,63-,64-,65-,66-,67-,73-,74-,75-/m0/s1. The number of nitrogens with zero attached hydrogens (tertiary/aromatic N) is 1. The van der Waals surface area contributed by atoms with Gasteiger partial charge in [-0.25, -0.2) is 4.79 Å². The number of carboxylic acids is 5. The first-order valence-electron chi connectivity index (χ1n) is 47.2. The van der Waals surface area contributed by atoms with Gasteiger partial charge in [-0.2, -0.15) is 12.6 Å². The number of guanidine groups is 1. The number of fused-ring (bicyclic) bond motifs is 1. The monoisotopic (exact) mass is 2090 g/mol. The van der Waals surface area contributed by atoms with Crippen molar-refractivity contribution in [2.75, 3.05) is 38.6 Å². The number of likely N-dealkylation sites (tertiary alicyclic amines) is 1. The second-order valence-electron chi connectivity index (χ2n) is 36.5. The molecule has 1 fully saturated rings. The summed E-state index contributed by atoms with van der Waals surface area (Å²) in [5.41, 5.74) is 12.6. The Balaban J connectivity index is 1.32. The van der Waals surface area contributed by atoms with Crippen LogP contribution in [0.3, 0.4) is 0 Å². The number of H-pyrrole nitrogens is 1. The number of amides is 17. The van der Waals surface area contributed by atoms with Gasteiger partial charge in [0.2, 0.25) is 100 Å². The zero-order chi connectivity index (χ0) is 110. The number of hydrogen-bond donors (Lipinski definition) is 31. The number of carbonyl (C=O) groups excluding carboxylic acids is 17. The lowest BCUT2D eigenvalue weighted by molar-refractivity contribution is -0.143. The van der Waals surface area contributed by atoms with E-state index in [-0.39, 0.29) is 74.4 Å². The van der Waals surface area contributed by atoms with Crippen LogP contribution in [0.5, 0.6) is 11.5 Å². The number of phenols is 2. The number of aliphatic hydroxyl groups is 2. The van der Waals surface area contributed by atoms with Crippen molar-refractivity contribution >= 4 is 160 Å². The molecule has 1 aliphatic heterocycles. The maximum Gasteiger partial charge on any atom is 0.326 e. The highest BCUT2D eigenvalue weighted by Gasteiger charge is 2.44. The van der Waals surface area contributed by atoms with E-state index in [0.29, 0.717) is 22.0 Å². The summed E-state index contributed by atoms with van der Waals surface area (Å²) in [6.07, 6.45) is -5.35. The number of aliphatic carboxylic acids is 5. The van der Waals surface area contributed by atoms with E-state index in [2.05, 4.69) is 103 Å². The number of aromatic amines is 1. The molecule has 0 radical (unpaired) electrons. The molecule has 0 saturated carbocycles. The molecule has 1 aromatic heterocycles. The van der Waals surface area contributed by atoms with Crippen molar-refractivity contribution in [2.24, 2.45) is 35.1 Å². The first-order valence-corrected chi connectivity index (χ1v) is 47.8. The third kappa shape index (κ3) is 40.6. The maximum absolute atomic E-state index is 14.7. The van der Waals surface area contributed by atoms with Crippen LogP contribution in [-0.4, -0.2) is 333 Å². The smallest absolute Gasteiger partial charge is 0.326 e. The first-order chi connectivity index (χ1) is 69.1. The van der Waals surface area contributed by atoms with Crippen molar-refractivity contribution in [1.82, 2.24) is 100 Å². The van der Waals surface area contributed by atoms with Gasteiger partial charge in [-0.15, -0.1) is 0 Å². The lowest BCUT2D eigenvalue weighted by Gasteiger charge is -2.31. The molecule has 0 bridgehead atoms. The van der Waals surface area contributed by atoms with Gasteiger partial charge >= 0.3 is 29.8 Å². The number of aliphatic hydroxyl groups excluding tert-OH is 2. The molecule has 4 aromatic rings. The molecule has 54 heteroatoms. The van der Waals surface area contributed by atoms with Crippen molar-refractivity contribution in [3.05, 3.63) is 95.7 Å². The van der Waals surface area contributed by atoms with Crippen molar-refractivity contribution in [3.63, 3.8) is 0 Å². The number of nitrogens with two attached hydrogens (primary N) is 2. The Kier molecular flexibility index (Phi) is 49.7. The Hall–Kier alpha value is -15.4. The summed E-state index contributed by atoms with van der Waals surface area (Å²) in [5.74, 6) is -30.8. The highest BCUT2D eigenvalue weighted by atomic mass is 32.1. The zero-order valence-electron chi connectivity index (χ0n) is 82.3. The molecule has 17 atom stereocenters. The summed E-state index contributed by atoms with van der Waals surface area (Å²) >= 11 is 4.22. The second kappa shape index (κ2) is 59.8. The van der Waals surface area contributed by atoms with Crippen LogP contribution in [-0.2, 0) is 125 Å². The summed E-state index contributed by atoms with van der Waals surface area (Å²) in [4.78, 5) is 306. The molecule has 3 aromatic carbocycles. The maximum atomic E-state index is 14.7. The fraction of sp³-hybridized carbons (Fsp3) is 0.538. The van der Waals surface area contributed by atoms with Crippen LogP contribution >= 0.6 is 12.6 Å². The molecule has 0 aliphatic carbocycles. The highest BCUT2D eigenvalue weighted by Crippen LogP contribution is 2.24. The van der Waals surface area contributed by atoms with Gasteiger partial charge in [0.15, 0.2) is 5.96 Å². The molecule has 5 rings (SSSR count). The van der Waals surface area contributed by atoms with E-state index in [1.165, 1.54) is 94.2 Å². The fourth-order valence-corrected chi connectivity index (χ4v) is 15.4. The van der Waals surface area contributed by atoms with Crippen LogP contribution < -0.4 is 102 Å². The lowest BCUT2D eigenvalue weighted by atomic mass is 9.98. The van der Waals surface area contributed by atoms with Crippen molar-refractivity contribution in [3.8, 4) is 11.5 Å². The van der Waals surface area contributed by atoms with Crippen LogP contribution in [0.15, 0.2) is 79.0 Å². The Labute approximate surface area is 848 Å². The van der Waals surface area contributed by atoms with Gasteiger partial charge in [0.05, 0.1) is 32.6 Å². The van der Waals surface area contributed by atoms with Gasteiger partial charge in [-0.3, -0.25) is 106 Å². The predicted octanol–water partition coefficient (Wildman–Crippen LogP) is -6.71. The van der Waals surface area contributed by atoms with E-state index < -0.39 is 334 Å². The average Bonchev–Trinajstić information content (AvgIpc) is 0.851. The van der Waals surface area contributed by atoms with Crippen LogP contribution in [0.1, 0.15) is 150 Å². The molecule has 17 amide bonds. The van der Waals surface area contributed by atoms with Crippen LogP contribution in [0.4, 0.5) is 0 Å². The number of benzene rings is 3. The van der Waals surface area contributed by atoms with Gasteiger partial charge in [-0.1, -0.05) is 97.9 Å². The van der Waals surface area contributed by atoms with Crippen LogP contribution in [0.2, 0.25) is 0 Å². The van der Waals surface area contributed by atoms with Gasteiger partial charge < -0.3 is 158 Å². The minimum Gasteiger partial charge on any atom is -0.508 e. The lowest BCUT2D eigenvalue weighted by Crippen LogP contribution is -2.62. The van der Waals surface area contributed by atoms with E-state index in [4.69, 9.17) is 16.9 Å². The Morgan fingerprint density at radius 3 is 1.34 bits per heavy atom. The molecule has 1 saturated heterocycles. The van der Waals surface area contributed by atoms with Gasteiger partial charge in [0, 0.05) is 68.0 Å². The predicted molar refractivity (Wildman–Crippen MR) is 523 cm³/mol. The van der Waals surface area contributed by atoms with Gasteiger partial charge in [0.1, 0.15) is 114 Å². The Bertz CT molecular complexity index is 5340. The van der Waals surface area contributed by atoms with Crippen molar-refractivity contribution in [1.29, 1.82) is 5.41 Å². The normalized spacial score (nSPS) is 15.5. The van der Waals surface area contributed by atoms with Crippen molar-refractivity contribution < 1.29 is 151 Å². The number of nitrogens with one attached hydrogen (secondary N) is 19. The number of carboxylic acid groups (broad SMARTS) is 5. The van der Waals surface area contributed by atoms with Crippen molar-refractivity contribution in [2.45, 2.75) is 255 Å². The number of aromatic nitrogens is 1. The molecule has 0 spiro atoms. The first kappa shape index (κ1) is 122. The number of carbonyl (C=O) groups is 22.